The second-order valence-corrected chi connectivity index (χ2v) is 3.82. The van der Waals surface area contributed by atoms with Crippen LogP contribution in [0.15, 0.2) is 0 Å². The third-order valence-electron chi connectivity index (χ3n) is 1.41. The number of aromatic nitrogens is 3. The zero-order valence-corrected chi connectivity index (χ0v) is 10.1. The van der Waals surface area contributed by atoms with E-state index in [1.807, 2.05) is 5.32 Å². The fraction of sp³-hybridized carbons (Fsp3) is 0.333. The van der Waals surface area contributed by atoms with Crippen LogP contribution >= 0.6 is 0 Å². The van der Waals surface area contributed by atoms with Crippen LogP contribution in [-0.2, 0) is 10.3 Å². The van der Waals surface area contributed by atoms with Gasteiger partial charge in [-0.3, -0.25) is 9.87 Å². The van der Waals surface area contributed by atoms with Crippen molar-refractivity contribution in [1.29, 1.82) is 0 Å². The van der Waals surface area contributed by atoms with Gasteiger partial charge in [-0.25, -0.2) is 9.52 Å². The molecular formula is C6H9N5O6S. The van der Waals surface area contributed by atoms with Gasteiger partial charge >= 0.3 is 28.4 Å². The largest absolute Gasteiger partial charge is 0.467 e. The Bertz CT molecular complexity index is 523. The summed E-state index contributed by atoms with van der Waals surface area (Å²) in [6.07, 6.45) is 0. The van der Waals surface area contributed by atoms with Crippen LogP contribution in [-0.4, -0.2) is 48.2 Å². The quantitative estimate of drug-likeness (QED) is 0.577. The van der Waals surface area contributed by atoms with E-state index in [1.54, 1.807) is 0 Å². The first-order chi connectivity index (χ1) is 8.34. The van der Waals surface area contributed by atoms with Crippen LogP contribution in [0.1, 0.15) is 0 Å². The zero-order valence-electron chi connectivity index (χ0n) is 9.24. The average Bonchev–Trinajstić information content (AvgIpc) is 2.25. The number of nitrogens with zero attached hydrogens (tertiary/aromatic N) is 3. The molecule has 0 aliphatic rings. The van der Waals surface area contributed by atoms with Crippen LogP contribution < -0.4 is 19.5 Å². The summed E-state index contributed by atoms with van der Waals surface area (Å²) in [6, 6.07) is -1.55. The Morgan fingerprint density at radius 2 is 1.67 bits per heavy atom. The number of methoxy groups -OCH3 is 2. The monoisotopic (exact) mass is 279 g/mol. The van der Waals surface area contributed by atoms with Crippen molar-refractivity contribution in [2.24, 2.45) is 0 Å². The van der Waals surface area contributed by atoms with Gasteiger partial charge in [-0.05, 0) is 0 Å². The number of amides is 2. The molecule has 18 heavy (non-hydrogen) atoms. The molecule has 11 nitrogen and oxygen atoms in total. The number of carbonyl (C=O) groups is 1. The summed E-state index contributed by atoms with van der Waals surface area (Å²) in [4.78, 5) is 21.9. The van der Waals surface area contributed by atoms with E-state index in [4.69, 9.17) is 14.0 Å². The molecule has 1 heterocycles. The minimum absolute atomic E-state index is 0.149. The molecule has 3 N–H and O–H groups in total. The third-order valence-corrected chi connectivity index (χ3v) is 1.85. The number of nitrogens with one attached hydrogen (secondary N) is 2. The Hall–Kier alpha value is -2.21. The lowest BCUT2D eigenvalue weighted by Gasteiger charge is -2.06. The molecule has 0 saturated heterocycles. The smallest absolute Gasteiger partial charge is 0.361 e. The van der Waals surface area contributed by atoms with E-state index in [1.165, 1.54) is 18.9 Å². The molecule has 0 aliphatic carbocycles. The molecule has 1 aromatic heterocycles. The van der Waals surface area contributed by atoms with E-state index in [-0.39, 0.29) is 18.0 Å². The molecule has 0 spiro atoms. The Kier molecular flexibility index (Phi) is 4.17. The van der Waals surface area contributed by atoms with E-state index < -0.39 is 16.3 Å². The summed E-state index contributed by atoms with van der Waals surface area (Å²) in [5.41, 5.74) is 0. The number of anilines is 1. The second-order valence-electron chi connectivity index (χ2n) is 2.66. The van der Waals surface area contributed by atoms with Crippen molar-refractivity contribution in [3.63, 3.8) is 0 Å². The van der Waals surface area contributed by atoms with Crippen LogP contribution in [0.25, 0.3) is 0 Å². The van der Waals surface area contributed by atoms with Gasteiger partial charge in [0, 0.05) is 0 Å². The predicted octanol–water partition coefficient (Wildman–Crippen LogP) is -1.19. The highest BCUT2D eigenvalue weighted by atomic mass is 32.2. The number of hydrogen-bond donors (Lipinski definition) is 3. The van der Waals surface area contributed by atoms with Crippen LogP contribution in [0.5, 0.6) is 12.0 Å². The molecule has 2 amide bonds. The number of carbonyl (C=O) groups excluding carboxylic acids is 1. The van der Waals surface area contributed by atoms with Gasteiger partial charge in [0.25, 0.3) is 0 Å². The van der Waals surface area contributed by atoms with Gasteiger partial charge in [-0.2, -0.15) is 18.4 Å². The topological polar surface area (TPSA) is 153 Å². The normalized spacial score (nSPS) is 10.6. The van der Waals surface area contributed by atoms with Crippen molar-refractivity contribution < 1.29 is 27.2 Å². The number of urea groups is 1. The van der Waals surface area contributed by atoms with Crippen molar-refractivity contribution in [2.45, 2.75) is 0 Å². The zero-order chi connectivity index (χ0) is 13.8. The SMILES string of the molecule is COc1nc(NC(=O)NS(=O)(=O)O)nc(OC)n1. The molecular weight excluding hydrogens is 270 g/mol. The highest BCUT2D eigenvalue weighted by Gasteiger charge is 2.13. The Morgan fingerprint density at radius 1 is 1.17 bits per heavy atom. The lowest BCUT2D eigenvalue weighted by molar-refractivity contribution is 0.255. The van der Waals surface area contributed by atoms with E-state index in [9.17, 15) is 13.2 Å². The maximum absolute atomic E-state index is 11.1. The van der Waals surface area contributed by atoms with Gasteiger partial charge in [0.2, 0.25) is 5.95 Å². The first-order valence-corrected chi connectivity index (χ1v) is 5.68. The van der Waals surface area contributed by atoms with Crippen LogP contribution in [0.2, 0.25) is 0 Å². The van der Waals surface area contributed by atoms with Gasteiger partial charge in [-0.15, -0.1) is 4.98 Å². The molecule has 0 aliphatic heterocycles. The minimum Gasteiger partial charge on any atom is -0.467 e. The summed E-state index contributed by atoms with van der Waals surface area (Å²) in [5, 5.41) is 1.94. The number of hydrogen-bond acceptors (Lipinski definition) is 8. The van der Waals surface area contributed by atoms with Gasteiger partial charge < -0.3 is 9.47 Å². The fourth-order valence-corrected chi connectivity index (χ4v) is 1.11. The summed E-state index contributed by atoms with van der Waals surface area (Å²) in [6.45, 7) is 0. The lowest BCUT2D eigenvalue weighted by atomic mass is 10.8. The van der Waals surface area contributed by atoms with Crippen molar-refractivity contribution in [3.05, 3.63) is 0 Å². The standard InChI is InChI=1S/C6H9N5O6S/c1-16-5-8-3(9-6(10-5)17-2)7-4(12)11-18(13,14)15/h1-2H3,(H,13,14,15)(H2,7,8,9,10,11,12). The van der Waals surface area contributed by atoms with E-state index in [0.717, 1.165) is 0 Å². The molecule has 100 valence electrons. The molecule has 0 saturated carbocycles. The predicted molar refractivity (Wildman–Crippen MR) is 56.6 cm³/mol. The van der Waals surface area contributed by atoms with E-state index >= 15 is 0 Å². The molecule has 0 bridgehead atoms. The molecule has 12 heteroatoms. The Labute approximate surface area is 101 Å². The van der Waals surface area contributed by atoms with Gasteiger partial charge in [-0.1, -0.05) is 0 Å². The molecule has 0 atom stereocenters. The number of ether oxygens (including phenoxy) is 2. The van der Waals surface area contributed by atoms with E-state index in [2.05, 4.69) is 15.0 Å². The first-order valence-electron chi connectivity index (χ1n) is 4.24. The molecule has 1 aromatic rings. The average molecular weight is 279 g/mol. The molecule has 0 aromatic carbocycles. The van der Waals surface area contributed by atoms with Gasteiger partial charge in [0.15, 0.2) is 0 Å². The fourth-order valence-electron chi connectivity index (χ4n) is 0.821. The summed E-state index contributed by atoms with van der Waals surface area (Å²) in [5.74, 6) is -0.320. The third kappa shape index (κ3) is 4.34. The van der Waals surface area contributed by atoms with Crippen molar-refractivity contribution >= 4 is 22.3 Å². The van der Waals surface area contributed by atoms with Crippen molar-refractivity contribution in [1.82, 2.24) is 19.7 Å². The van der Waals surface area contributed by atoms with Crippen LogP contribution in [0.4, 0.5) is 10.7 Å². The van der Waals surface area contributed by atoms with Crippen LogP contribution in [0.3, 0.4) is 0 Å². The Morgan fingerprint density at radius 3 is 2.06 bits per heavy atom. The highest BCUT2D eigenvalue weighted by Crippen LogP contribution is 2.11. The Balaban J connectivity index is 2.87. The molecule has 0 fully saturated rings. The minimum atomic E-state index is -4.67. The molecule has 0 radical (unpaired) electrons. The maximum atomic E-state index is 11.1. The number of rotatable bonds is 4. The highest BCUT2D eigenvalue weighted by molar-refractivity contribution is 7.84. The summed E-state index contributed by atoms with van der Waals surface area (Å²) >= 11 is 0. The van der Waals surface area contributed by atoms with Crippen molar-refractivity contribution in [3.8, 4) is 12.0 Å². The summed E-state index contributed by atoms with van der Waals surface area (Å²) in [7, 11) is -2.12. The second kappa shape index (κ2) is 5.42. The van der Waals surface area contributed by atoms with Gasteiger partial charge in [0.1, 0.15) is 0 Å². The van der Waals surface area contributed by atoms with Gasteiger partial charge in [0.05, 0.1) is 14.2 Å². The lowest BCUT2D eigenvalue weighted by Crippen LogP contribution is -2.34. The molecule has 1 rings (SSSR count). The first kappa shape index (κ1) is 13.9. The molecule has 0 unspecified atom stereocenters. The van der Waals surface area contributed by atoms with Crippen LogP contribution in [0, 0.1) is 0 Å². The maximum Gasteiger partial charge on any atom is 0.361 e. The van der Waals surface area contributed by atoms with Crippen molar-refractivity contribution in [2.75, 3.05) is 19.5 Å². The van der Waals surface area contributed by atoms with E-state index in [0.29, 0.717) is 0 Å². The summed E-state index contributed by atoms with van der Waals surface area (Å²) < 4.78 is 39.7.